The number of carbonyl (C=O) groups is 2. The van der Waals surface area contributed by atoms with E-state index in [2.05, 4.69) is 24.3 Å². The van der Waals surface area contributed by atoms with Gasteiger partial charge in [0.15, 0.2) is 0 Å². The molecule has 0 saturated heterocycles. The zero-order valence-electron chi connectivity index (χ0n) is 18.0. The lowest BCUT2D eigenvalue weighted by Gasteiger charge is -2.75. The molecule has 0 aliphatic heterocycles. The summed E-state index contributed by atoms with van der Waals surface area (Å²) in [7, 11) is 0. The van der Waals surface area contributed by atoms with E-state index in [1.54, 1.807) is 24.3 Å². The Hall–Kier alpha value is -2.62. The van der Waals surface area contributed by atoms with Crippen LogP contribution < -0.4 is 0 Å². The first-order valence-electron chi connectivity index (χ1n) is 12.1. The van der Waals surface area contributed by atoms with Gasteiger partial charge in [-0.3, -0.25) is 0 Å². The second-order valence-corrected chi connectivity index (χ2v) is 11.5. The summed E-state index contributed by atoms with van der Waals surface area (Å²) >= 11 is 0. The van der Waals surface area contributed by atoms with E-state index >= 15 is 0 Å². The van der Waals surface area contributed by atoms with Crippen molar-refractivity contribution >= 4 is 11.9 Å². The first-order valence-corrected chi connectivity index (χ1v) is 12.1. The van der Waals surface area contributed by atoms with Gasteiger partial charge < -0.3 is 10.2 Å². The molecule has 7 fully saturated rings. The van der Waals surface area contributed by atoms with E-state index in [4.69, 9.17) is 0 Å². The van der Waals surface area contributed by atoms with Crippen LogP contribution in [0.1, 0.15) is 70.4 Å². The molecule has 164 valence electrons. The van der Waals surface area contributed by atoms with Crippen molar-refractivity contribution in [3.8, 4) is 0 Å². The predicted octanol–water partition coefficient (Wildman–Crippen LogP) is 5.36. The van der Waals surface area contributed by atoms with Gasteiger partial charge in [-0.15, -0.1) is 0 Å². The molecule has 0 atom stereocenters. The van der Waals surface area contributed by atoms with Gasteiger partial charge in [0.1, 0.15) is 0 Å². The minimum atomic E-state index is -0.848. The third-order valence-electron chi connectivity index (χ3n) is 10.5. The summed E-state index contributed by atoms with van der Waals surface area (Å²) in [6.07, 6.45) is 7.60. The molecule has 0 radical (unpaired) electrons. The fraction of sp³-hybridized carbons (Fsp3) is 0.500. The molecular formula is C28H28O4. The van der Waals surface area contributed by atoms with Crippen molar-refractivity contribution in [1.29, 1.82) is 0 Å². The number of rotatable bonds is 4. The number of hydrogen-bond acceptors (Lipinski definition) is 2. The molecule has 2 aromatic rings. The minimum absolute atomic E-state index is 0.251. The number of benzene rings is 2. The maximum Gasteiger partial charge on any atom is 0.335 e. The quantitative estimate of drug-likeness (QED) is 0.687. The maximum atomic E-state index is 11.3. The number of carboxylic acid groups (broad SMARTS) is 2. The molecule has 8 bridgehead atoms. The van der Waals surface area contributed by atoms with E-state index in [1.165, 1.54) is 49.7 Å². The van der Waals surface area contributed by atoms with E-state index in [1.807, 2.05) is 0 Å². The van der Waals surface area contributed by atoms with Crippen LogP contribution in [0.25, 0.3) is 0 Å². The van der Waals surface area contributed by atoms with Gasteiger partial charge >= 0.3 is 11.9 Å². The number of carboxylic acids is 2. The second-order valence-electron chi connectivity index (χ2n) is 11.5. The zero-order chi connectivity index (χ0) is 21.8. The highest BCUT2D eigenvalue weighted by atomic mass is 16.4. The summed E-state index contributed by atoms with van der Waals surface area (Å²) in [6, 6.07) is 15.6. The Kier molecular flexibility index (Phi) is 3.56. The lowest BCUT2D eigenvalue weighted by atomic mass is 9.29. The van der Waals surface area contributed by atoms with Crippen molar-refractivity contribution < 1.29 is 19.8 Å². The SMILES string of the molecule is O=C(O)c1ccc(C23CC4C5CC6(c7ccc(C(=O)O)cc7)C[C@H]4C(C2)[C@H](C6)C5C3)cc1. The van der Waals surface area contributed by atoms with E-state index < -0.39 is 11.9 Å². The van der Waals surface area contributed by atoms with Crippen molar-refractivity contribution in [1.82, 2.24) is 0 Å². The Morgan fingerprint density at radius 3 is 1.00 bits per heavy atom. The Labute approximate surface area is 187 Å². The van der Waals surface area contributed by atoms with Crippen molar-refractivity contribution in [2.75, 3.05) is 0 Å². The third kappa shape index (κ3) is 2.28. The van der Waals surface area contributed by atoms with Gasteiger partial charge in [-0.2, -0.15) is 0 Å². The van der Waals surface area contributed by atoms with Gasteiger partial charge in [0.2, 0.25) is 0 Å². The first-order chi connectivity index (χ1) is 15.4. The topological polar surface area (TPSA) is 74.6 Å². The van der Waals surface area contributed by atoms with Crippen LogP contribution in [0.5, 0.6) is 0 Å². The highest BCUT2D eigenvalue weighted by Gasteiger charge is 2.70. The van der Waals surface area contributed by atoms with Gasteiger partial charge in [-0.25, -0.2) is 9.59 Å². The second kappa shape index (κ2) is 6.03. The van der Waals surface area contributed by atoms with E-state index in [9.17, 15) is 19.8 Å². The van der Waals surface area contributed by atoms with Crippen molar-refractivity contribution in [3.63, 3.8) is 0 Å². The van der Waals surface area contributed by atoms with E-state index in [0.29, 0.717) is 11.1 Å². The molecule has 32 heavy (non-hydrogen) atoms. The molecule has 2 aromatic carbocycles. The Balaban J connectivity index is 1.22. The predicted molar refractivity (Wildman–Crippen MR) is 119 cm³/mol. The summed E-state index contributed by atoms with van der Waals surface area (Å²) in [5.74, 6) is 3.11. The van der Waals surface area contributed by atoms with Gasteiger partial charge in [-0.05, 0) is 120 Å². The van der Waals surface area contributed by atoms with Gasteiger partial charge in [0.25, 0.3) is 0 Å². The normalized spacial score (nSPS) is 42.4. The van der Waals surface area contributed by atoms with Gasteiger partial charge in [-0.1, -0.05) is 24.3 Å². The summed E-state index contributed by atoms with van der Waals surface area (Å²) < 4.78 is 0. The van der Waals surface area contributed by atoms with Crippen LogP contribution in [-0.2, 0) is 10.8 Å². The molecule has 9 rings (SSSR count). The molecule has 0 amide bonds. The van der Waals surface area contributed by atoms with E-state index in [0.717, 1.165) is 35.5 Å². The summed E-state index contributed by atoms with van der Waals surface area (Å²) in [4.78, 5) is 22.6. The molecule has 4 heteroatoms. The fourth-order valence-electron chi connectivity index (χ4n) is 9.57. The van der Waals surface area contributed by atoms with Gasteiger partial charge in [0.05, 0.1) is 11.1 Å². The molecule has 7 saturated carbocycles. The Bertz CT molecular complexity index is 974. The summed E-state index contributed by atoms with van der Waals surface area (Å²) in [6.45, 7) is 0. The fourth-order valence-corrected chi connectivity index (χ4v) is 9.57. The van der Waals surface area contributed by atoms with Gasteiger partial charge in [0, 0.05) is 0 Å². The largest absolute Gasteiger partial charge is 0.478 e. The van der Waals surface area contributed by atoms with E-state index in [-0.39, 0.29) is 10.8 Å². The van der Waals surface area contributed by atoms with Crippen LogP contribution in [0.4, 0.5) is 0 Å². The molecule has 7 aliphatic carbocycles. The molecule has 0 aromatic heterocycles. The molecule has 0 heterocycles. The highest BCUT2D eigenvalue weighted by Crippen LogP contribution is 2.77. The highest BCUT2D eigenvalue weighted by molar-refractivity contribution is 5.88. The molecular weight excluding hydrogens is 400 g/mol. The monoisotopic (exact) mass is 428 g/mol. The van der Waals surface area contributed by atoms with Crippen molar-refractivity contribution in [3.05, 3.63) is 70.8 Å². The lowest BCUT2D eigenvalue weighted by molar-refractivity contribution is -0.221. The van der Waals surface area contributed by atoms with Crippen molar-refractivity contribution in [2.45, 2.75) is 49.4 Å². The van der Waals surface area contributed by atoms with Crippen LogP contribution in [0, 0.1) is 35.5 Å². The zero-order valence-corrected chi connectivity index (χ0v) is 18.0. The van der Waals surface area contributed by atoms with Crippen LogP contribution >= 0.6 is 0 Å². The van der Waals surface area contributed by atoms with Crippen LogP contribution in [0.15, 0.2) is 48.5 Å². The van der Waals surface area contributed by atoms with Crippen LogP contribution in [-0.4, -0.2) is 22.2 Å². The third-order valence-corrected chi connectivity index (χ3v) is 10.5. The summed E-state index contributed by atoms with van der Waals surface area (Å²) in [5.41, 5.74) is 4.01. The van der Waals surface area contributed by atoms with Crippen LogP contribution in [0.3, 0.4) is 0 Å². The smallest absolute Gasteiger partial charge is 0.335 e. The average molecular weight is 429 g/mol. The number of hydrogen-bond donors (Lipinski definition) is 2. The molecule has 0 spiro atoms. The molecule has 0 unspecified atom stereocenters. The minimum Gasteiger partial charge on any atom is -0.478 e. The average Bonchev–Trinajstić information content (AvgIpc) is 2.82. The first kappa shape index (κ1) is 18.9. The number of aromatic carboxylic acids is 2. The lowest BCUT2D eigenvalue weighted by Crippen LogP contribution is -2.69. The molecule has 7 aliphatic rings. The summed E-state index contributed by atoms with van der Waals surface area (Å²) in [5, 5.41) is 18.6. The molecule has 2 N–H and O–H groups in total. The Morgan fingerprint density at radius 2 is 0.781 bits per heavy atom. The molecule has 4 nitrogen and oxygen atoms in total. The maximum absolute atomic E-state index is 11.3. The van der Waals surface area contributed by atoms with Crippen LogP contribution in [0.2, 0.25) is 0 Å². The van der Waals surface area contributed by atoms with Crippen molar-refractivity contribution in [2.24, 2.45) is 35.5 Å². The standard InChI is InChI=1S/C28H28O4/c29-25(30)15-1-5-17(6-2-15)27-9-19-22-12-28(18-7-3-16(4-8-18)26(31)32)13-23(19)21(11-27)24(14-28)20(22)10-27/h1-8,19-24H,9-14H2,(H,29,30)(H,31,32)/t19-,20-,21?,22?,23?,24?,27?,28?/m0/s1. The Morgan fingerprint density at radius 1 is 0.531 bits per heavy atom.